The summed E-state index contributed by atoms with van der Waals surface area (Å²) in [5.74, 6) is 0.290. The minimum atomic E-state index is -0.299. The molecule has 1 aromatic heterocycles. The largest absolute Gasteiger partial charge is 0.338 e. The van der Waals surface area contributed by atoms with E-state index in [1.165, 1.54) is 13.3 Å². The number of aryl methyl sites for hydroxylation is 1. The van der Waals surface area contributed by atoms with Crippen LogP contribution in [-0.2, 0) is 0 Å². The van der Waals surface area contributed by atoms with E-state index in [0.29, 0.717) is 28.9 Å². The predicted molar refractivity (Wildman–Crippen MR) is 106 cm³/mol. The minimum absolute atomic E-state index is 0.0398. The number of carbonyl (C=O) groups is 2. The van der Waals surface area contributed by atoms with Gasteiger partial charge in [-0.3, -0.25) is 9.59 Å². The molecule has 1 saturated heterocycles. The van der Waals surface area contributed by atoms with E-state index < -0.39 is 0 Å². The lowest BCUT2D eigenvalue weighted by Gasteiger charge is -2.35. The van der Waals surface area contributed by atoms with Crippen molar-refractivity contribution < 1.29 is 9.59 Å². The van der Waals surface area contributed by atoms with Crippen LogP contribution in [0.4, 0.5) is 11.6 Å². The lowest BCUT2D eigenvalue weighted by molar-refractivity contribution is 0.100. The van der Waals surface area contributed by atoms with Crippen molar-refractivity contribution in [3.05, 3.63) is 47.3 Å². The molecule has 1 fully saturated rings. The van der Waals surface area contributed by atoms with Crippen molar-refractivity contribution in [3.8, 4) is 0 Å². The number of ketones is 1. The summed E-state index contributed by atoms with van der Waals surface area (Å²) in [6.45, 7) is 6.48. The molecule has 1 unspecified atom stereocenters. The van der Waals surface area contributed by atoms with Crippen LogP contribution in [0.3, 0.4) is 0 Å². The summed E-state index contributed by atoms with van der Waals surface area (Å²) in [5.41, 5.74) is 2.25. The van der Waals surface area contributed by atoms with E-state index in [4.69, 9.17) is 0 Å². The lowest BCUT2D eigenvalue weighted by atomic mass is 10.0. The average molecular weight is 366 g/mol. The van der Waals surface area contributed by atoms with Crippen LogP contribution >= 0.6 is 0 Å². The molecule has 3 rings (SSSR count). The molecule has 0 bridgehead atoms. The van der Waals surface area contributed by atoms with Crippen molar-refractivity contribution in [2.75, 3.05) is 16.8 Å². The Morgan fingerprint density at radius 1 is 1.22 bits per heavy atom. The highest BCUT2D eigenvalue weighted by Gasteiger charge is 2.24. The number of Topliss-reactive ketones (excluding diaryl/α,β-unsaturated/α-hetero) is 1. The third-order valence-corrected chi connectivity index (χ3v) is 4.96. The van der Waals surface area contributed by atoms with E-state index in [-0.39, 0.29) is 11.7 Å². The fourth-order valence-electron chi connectivity index (χ4n) is 3.50. The van der Waals surface area contributed by atoms with Gasteiger partial charge in [-0.1, -0.05) is 19.1 Å². The summed E-state index contributed by atoms with van der Waals surface area (Å²) in [4.78, 5) is 35.6. The molecule has 1 amide bonds. The molecule has 1 aliphatic rings. The monoisotopic (exact) mass is 366 g/mol. The standard InChI is InChI=1S/C21H26N4O2/c1-4-18-10-5-6-11-25(18)21-22-14(2)12-19(24-21)20(27)23-17-9-7-8-16(13-17)15(3)26/h7-9,12-13,18H,4-6,10-11H2,1-3H3,(H,23,27). The van der Waals surface area contributed by atoms with Gasteiger partial charge in [-0.2, -0.15) is 0 Å². The summed E-state index contributed by atoms with van der Waals surface area (Å²) in [6, 6.07) is 9.03. The molecule has 27 heavy (non-hydrogen) atoms. The molecule has 1 aromatic carbocycles. The first-order valence-corrected chi connectivity index (χ1v) is 9.52. The quantitative estimate of drug-likeness (QED) is 0.809. The number of anilines is 2. The Kier molecular flexibility index (Phi) is 5.84. The number of piperidine rings is 1. The number of hydrogen-bond acceptors (Lipinski definition) is 5. The third kappa shape index (κ3) is 4.51. The molecule has 2 aromatic rings. The number of carbonyl (C=O) groups excluding carboxylic acids is 2. The van der Waals surface area contributed by atoms with Crippen LogP contribution < -0.4 is 10.2 Å². The number of amides is 1. The van der Waals surface area contributed by atoms with Gasteiger partial charge >= 0.3 is 0 Å². The summed E-state index contributed by atoms with van der Waals surface area (Å²) < 4.78 is 0. The number of nitrogens with zero attached hydrogens (tertiary/aromatic N) is 3. The molecule has 0 radical (unpaired) electrons. The Labute approximate surface area is 160 Å². The Hall–Kier alpha value is -2.76. The van der Waals surface area contributed by atoms with Gasteiger partial charge in [0.05, 0.1) is 0 Å². The van der Waals surface area contributed by atoms with Gasteiger partial charge in [0.15, 0.2) is 5.78 Å². The zero-order valence-electron chi connectivity index (χ0n) is 16.2. The molecule has 142 valence electrons. The van der Waals surface area contributed by atoms with Gasteiger partial charge in [0.2, 0.25) is 5.95 Å². The topological polar surface area (TPSA) is 75.2 Å². The lowest BCUT2D eigenvalue weighted by Crippen LogP contribution is -2.40. The first-order valence-electron chi connectivity index (χ1n) is 9.52. The van der Waals surface area contributed by atoms with E-state index >= 15 is 0 Å². The highest BCUT2D eigenvalue weighted by molar-refractivity contribution is 6.04. The maximum atomic E-state index is 12.7. The molecular formula is C21H26N4O2. The zero-order chi connectivity index (χ0) is 19.4. The minimum Gasteiger partial charge on any atom is -0.338 e. The smallest absolute Gasteiger partial charge is 0.274 e. The van der Waals surface area contributed by atoms with E-state index in [1.807, 2.05) is 6.92 Å². The molecule has 6 heteroatoms. The Morgan fingerprint density at radius 2 is 2.04 bits per heavy atom. The summed E-state index contributed by atoms with van der Waals surface area (Å²) in [6.07, 6.45) is 4.51. The van der Waals surface area contributed by atoms with Crippen molar-refractivity contribution in [1.29, 1.82) is 0 Å². The van der Waals surface area contributed by atoms with Crippen LogP contribution in [0.15, 0.2) is 30.3 Å². The maximum Gasteiger partial charge on any atom is 0.274 e. The number of hydrogen-bond donors (Lipinski definition) is 1. The van der Waals surface area contributed by atoms with Crippen LogP contribution in [0.5, 0.6) is 0 Å². The molecule has 2 heterocycles. The first-order chi connectivity index (χ1) is 13.0. The van der Waals surface area contributed by atoms with E-state index in [0.717, 1.165) is 31.5 Å². The molecule has 1 aliphatic heterocycles. The van der Waals surface area contributed by atoms with Gasteiger partial charge in [0.1, 0.15) is 5.69 Å². The van der Waals surface area contributed by atoms with Crippen LogP contribution in [0, 0.1) is 6.92 Å². The number of nitrogens with one attached hydrogen (secondary N) is 1. The first kappa shape index (κ1) is 19.0. The highest BCUT2D eigenvalue weighted by Crippen LogP contribution is 2.24. The van der Waals surface area contributed by atoms with Crippen molar-refractivity contribution in [1.82, 2.24) is 9.97 Å². The molecule has 1 atom stereocenters. The fraction of sp³-hybridized carbons (Fsp3) is 0.429. The van der Waals surface area contributed by atoms with E-state index in [1.54, 1.807) is 30.3 Å². The molecular weight excluding hydrogens is 340 g/mol. The van der Waals surface area contributed by atoms with Gasteiger partial charge in [0.25, 0.3) is 5.91 Å². The highest BCUT2D eigenvalue weighted by atomic mass is 16.2. The van der Waals surface area contributed by atoms with Crippen molar-refractivity contribution in [3.63, 3.8) is 0 Å². The predicted octanol–water partition coefficient (Wildman–Crippen LogP) is 4.01. The Bertz CT molecular complexity index is 850. The number of rotatable bonds is 5. The second kappa shape index (κ2) is 8.29. The van der Waals surface area contributed by atoms with Gasteiger partial charge in [-0.05, 0) is 57.7 Å². The van der Waals surface area contributed by atoms with Crippen molar-refractivity contribution in [2.24, 2.45) is 0 Å². The van der Waals surface area contributed by atoms with Gasteiger partial charge < -0.3 is 10.2 Å². The van der Waals surface area contributed by atoms with Crippen LogP contribution in [0.1, 0.15) is 66.1 Å². The van der Waals surface area contributed by atoms with Crippen molar-refractivity contribution >= 4 is 23.3 Å². The SMILES string of the molecule is CCC1CCCCN1c1nc(C)cc(C(=O)Nc2cccc(C(C)=O)c2)n1. The molecule has 0 aliphatic carbocycles. The fourth-order valence-corrected chi connectivity index (χ4v) is 3.50. The number of aromatic nitrogens is 2. The van der Waals surface area contributed by atoms with Gasteiger partial charge in [-0.15, -0.1) is 0 Å². The van der Waals surface area contributed by atoms with E-state index in [9.17, 15) is 9.59 Å². The second-order valence-electron chi connectivity index (χ2n) is 7.04. The van der Waals surface area contributed by atoms with Gasteiger partial charge in [0, 0.05) is 29.5 Å². The zero-order valence-corrected chi connectivity index (χ0v) is 16.2. The summed E-state index contributed by atoms with van der Waals surface area (Å²) >= 11 is 0. The number of benzene rings is 1. The van der Waals surface area contributed by atoms with E-state index in [2.05, 4.69) is 27.1 Å². The summed E-state index contributed by atoms with van der Waals surface area (Å²) in [7, 11) is 0. The third-order valence-electron chi connectivity index (χ3n) is 4.96. The molecule has 0 saturated carbocycles. The normalized spacial score (nSPS) is 16.9. The Balaban J connectivity index is 1.84. The maximum absolute atomic E-state index is 12.7. The average Bonchev–Trinajstić information content (AvgIpc) is 2.67. The molecule has 6 nitrogen and oxygen atoms in total. The second-order valence-corrected chi connectivity index (χ2v) is 7.04. The van der Waals surface area contributed by atoms with Crippen LogP contribution in [0.25, 0.3) is 0 Å². The Morgan fingerprint density at radius 3 is 2.78 bits per heavy atom. The van der Waals surface area contributed by atoms with Crippen LogP contribution in [0.2, 0.25) is 0 Å². The van der Waals surface area contributed by atoms with Crippen LogP contribution in [-0.4, -0.2) is 34.2 Å². The van der Waals surface area contributed by atoms with Crippen molar-refractivity contribution in [2.45, 2.75) is 52.5 Å². The van der Waals surface area contributed by atoms with Gasteiger partial charge in [-0.25, -0.2) is 9.97 Å². The molecule has 0 spiro atoms. The molecule has 1 N–H and O–H groups in total. The summed E-state index contributed by atoms with van der Waals surface area (Å²) in [5, 5.41) is 2.84.